The molecule has 0 saturated carbocycles. The smallest absolute Gasteiger partial charge is 0.262 e. The van der Waals surface area contributed by atoms with Gasteiger partial charge in [0.1, 0.15) is 5.75 Å². The van der Waals surface area contributed by atoms with Crippen molar-refractivity contribution in [2.45, 2.75) is 13.3 Å². The standard InChI is InChI=1S/C18H18BrClN2O3/c1-2-9-21-18(24)12-3-6-14(7-4-12)22-17(23)11-25-16-8-5-13(19)10-15(16)20/h3-8,10H,2,9,11H2,1H3,(H,21,24)(H,22,23). The lowest BCUT2D eigenvalue weighted by Gasteiger charge is -2.09. The number of rotatable bonds is 7. The molecule has 0 aliphatic heterocycles. The van der Waals surface area contributed by atoms with E-state index in [-0.39, 0.29) is 18.4 Å². The summed E-state index contributed by atoms with van der Waals surface area (Å²) in [7, 11) is 0. The Balaban J connectivity index is 1.87. The molecule has 7 heteroatoms. The summed E-state index contributed by atoms with van der Waals surface area (Å²) >= 11 is 9.33. The number of ether oxygens (including phenoxy) is 1. The predicted octanol–water partition coefficient (Wildman–Crippen LogP) is 4.26. The van der Waals surface area contributed by atoms with Crippen LogP contribution in [0.1, 0.15) is 23.7 Å². The van der Waals surface area contributed by atoms with Gasteiger partial charge in [0.2, 0.25) is 0 Å². The van der Waals surface area contributed by atoms with E-state index in [0.717, 1.165) is 10.9 Å². The summed E-state index contributed by atoms with van der Waals surface area (Å²) in [6.45, 7) is 2.45. The van der Waals surface area contributed by atoms with Gasteiger partial charge in [0.05, 0.1) is 5.02 Å². The number of nitrogens with one attached hydrogen (secondary N) is 2. The van der Waals surface area contributed by atoms with Gasteiger partial charge in [0, 0.05) is 22.3 Å². The van der Waals surface area contributed by atoms with E-state index in [2.05, 4.69) is 26.6 Å². The summed E-state index contributed by atoms with van der Waals surface area (Å²) in [6, 6.07) is 11.8. The van der Waals surface area contributed by atoms with Crippen LogP contribution in [0.15, 0.2) is 46.9 Å². The molecule has 5 nitrogen and oxygen atoms in total. The van der Waals surface area contributed by atoms with Gasteiger partial charge in [-0.25, -0.2) is 0 Å². The molecule has 2 amide bonds. The number of amides is 2. The summed E-state index contributed by atoms with van der Waals surface area (Å²) in [4.78, 5) is 23.8. The van der Waals surface area contributed by atoms with Crippen LogP contribution in [-0.2, 0) is 4.79 Å². The zero-order chi connectivity index (χ0) is 18.2. The quantitative estimate of drug-likeness (QED) is 0.696. The molecule has 2 aromatic rings. The monoisotopic (exact) mass is 424 g/mol. The SMILES string of the molecule is CCCNC(=O)c1ccc(NC(=O)COc2ccc(Br)cc2Cl)cc1. The summed E-state index contributed by atoms with van der Waals surface area (Å²) in [5.74, 6) is -0.0157. The first-order valence-electron chi connectivity index (χ1n) is 7.75. The van der Waals surface area contributed by atoms with Crippen molar-refractivity contribution in [1.29, 1.82) is 0 Å². The molecule has 0 spiro atoms. The van der Waals surface area contributed by atoms with Crippen molar-refractivity contribution in [3.05, 3.63) is 57.5 Å². The van der Waals surface area contributed by atoms with Gasteiger partial charge in [-0.05, 0) is 48.9 Å². The lowest BCUT2D eigenvalue weighted by Crippen LogP contribution is -2.24. The van der Waals surface area contributed by atoms with E-state index in [1.165, 1.54) is 0 Å². The number of hydrogen-bond acceptors (Lipinski definition) is 3. The fraction of sp³-hybridized carbons (Fsp3) is 0.222. The second-order valence-electron chi connectivity index (χ2n) is 5.24. The van der Waals surface area contributed by atoms with Crippen molar-refractivity contribution < 1.29 is 14.3 Å². The highest BCUT2D eigenvalue weighted by Crippen LogP contribution is 2.27. The van der Waals surface area contributed by atoms with Crippen LogP contribution in [0, 0.1) is 0 Å². The Bertz CT molecular complexity index is 750. The minimum atomic E-state index is -0.317. The molecule has 0 heterocycles. The lowest BCUT2D eigenvalue weighted by molar-refractivity contribution is -0.118. The second-order valence-corrected chi connectivity index (χ2v) is 6.57. The zero-order valence-electron chi connectivity index (χ0n) is 13.6. The van der Waals surface area contributed by atoms with Crippen molar-refractivity contribution >= 4 is 45.0 Å². The van der Waals surface area contributed by atoms with Gasteiger partial charge in [0.25, 0.3) is 11.8 Å². The molecule has 0 aromatic heterocycles. The molecule has 2 N–H and O–H groups in total. The second kappa shape index (κ2) is 9.44. The molecule has 0 aliphatic rings. The van der Waals surface area contributed by atoms with Crippen LogP contribution in [0.2, 0.25) is 5.02 Å². The highest BCUT2D eigenvalue weighted by atomic mass is 79.9. The Kier molecular flexibility index (Phi) is 7.28. The van der Waals surface area contributed by atoms with Gasteiger partial charge in [-0.15, -0.1) is 0 Å². The van der Waals surface area contributed by atoms with Gasteiger partial charge in [-0.3, -0.25) is 9.59 Å². The third-order valence-electron chi connectivity index (χ3n) is 3.22. The van der Waals surface area contributed by atoms with Crippen molar-refractivity contribution in [3.8, 4) is 5.75 Å². The third-order valence-corrected chi connectivity index (χ3v) is 4.01. The number of carbonyl (C=O) groups excluding carboxylic acids is 2. The molecule has 2 rings (SSSR count). The van der Waals surface area contributed by atoms with Gasteiger partial charge in [0.15, 0.2) is 6.61 Å². The maximum atomic E-state index is 12.0. The Morgan fingerprint density at radius 3 is 2.52 bits per heavy atom. The maximum Gasteiger partial charge on any atom is 0.262 e. The van der Waals surface area contributed by atoms with E-state index in [0.29, 0.717) is 28.6 Å². The molecular weight excluding hydrogens is 408 g/mol. The predicted molar refractivity (Wildman–Crippen MR) is 102 cm³/mol. The van der Waals surface area contributed by atoms with E-state index < -0.39 is 0 Å². The Morgan fingerprint density at radius 2 is 1.88 bits per heavy atom. The summed E-state index contributed by atoms with van der Waals surface area (Å²) in [6.07, 6.45) is 0.877. The van der Waals surface area contributed by atoms with Crippen LogP contribution >= 0.6 is 27.5 Å². The minimum Gasteiger partial charge on any atom is -0.482 e. The molecule has 0 atom stereocenters. The van der Waals surface area contributed by atoms with E-state index >= 15 is 0 Å². The van der Waals surface area contributed by atoms with Crippen molar-refractivity contribution in [3.63, 3.8) is 0 Å². The highest BCUT2D eigenvalue weighted by Gasteiger charge is 2.08. The summed E-state index contributed by atoms with van der Waals surface area (Å²) in [5, 5.41) is 5.92. The third kappa shape index (κ3) is 6.07. The van der Waals surface area contributed by atoms with Crippen molar-refractivity contribution in [1.82, 2.24) is 5.32 Å². The zero-order valence-corrected chi connectivity index (χ0v) is 16.0. The van der Waals surface area contributed by atoms with Gasteiger partial charge >= 0.3 is 0 Å². The number of benzene rings is 2. The molecule has 25 heavy (non-hydrogen) atoms. The number of carbonyl (C=O) groups is 2. The molecule has 0 fully saturated rings. The van der Waals surface area contributed by atoms with Crippen molar-refractivity contribution in [2.24, 2.45) is 0 Å². The van der Waals surface area contributed by atoms with Gasteiger partial charge in [-0.1, -0.05) is 34.5 Å². The summed E-state index contributed by atoms with van der Waals surface area (Å²) < 4.78 is 6.23. The first-order valence-corrected chi connectivity index (χ1v) is 8.92. The van der Waals surface area contributed by atoms with Gasteiger partial charge < -0.3 is 15.4 Å². The van der Waals surface area contributed by atoms with Crippen LogP contribution in [0.5, 0.6) is 5.75 Å². The van der Waals surface area contributed by atoms with E-state index in [4.69, 9.17) is 16.3 Å². The normalized spacial score (nSPS) is 10.2. The minimum absolute atomic E-state index is 0.132. The fourth-order valence-corrected chi connectivity index (χ4v) is 2.71. The summed E-state index contributed by atoms with van der Waals surface area (Å²) in [5.41, 5.74) is 1.13. The van der Waals surface area contributed by atoms with Crippen LogP contribution in [0.25, 0.3) is 0 Å². The first-order chi connectivity index (χ1) is 12.0. The molecule has 0 saturated heterocycles. The van der Waals surface area contributed by atoms with E-state index in [1.54, 1.807) is 42.5 Å². The Labute approximate surface area is 159 Å². The lowest BCUT2D eigenvalue weighted by atomic mass is 10.2. The molecular formula is C18H18BrClN2O3. The van der Waals surface area contributed by atoms with E-state index in [1.807, 2.05) is 6.92 Å². The van der Waals surface area contributed by atoms with Crippen LogP contribution in [0.3, 0.4) is 0 Å². The molecule has 0 radical (unpaired) electrons. The number of anilines is 1. The highest BCUT2D eigenvalue weighted by molar-refractivity contribution is 9.10. The topological polar surface area (TPSA) is 67.4 Å². The average molecular weight is 426 g/mol. The fourth-order valence-electron chi connectivity index (χ4n) is 1.98. The van der Waals surface area contributed by atoms with Crippen LogP contribution in [-0.4, -0.2) is 25.0 Å². The van der Waals surface area contributed by atoms with E-state index in [9.17, 15) is 9.59 Å². The largest absolute Gasteiger partial charge is 0.482 e. The maximum absolute atomic E-state index is 12.0. The molecule has 0 unspecified atom stereocenters. The first kappa shape index (κ1) is 19.3. The van der Waals surface area contributed by atoms with Crippen molar-refractivity contribution in [2.75, 3.05) is 18.5 Å². The number of halogens is 2. The number of hydrogen-bond donors (Lipinski definition) is 2. The van der Waals surface area contributed by atoms with Crippen LogP contribution in [0.4, 0.5) is 5.69 Å². The molecule has 0 bridgehead atoms. The molecule has 2 aromatic carbocycles. The Morgan fingerprint density at radius 1 is 1.16 bits per heavy atom. The average Bonchev–Trinajstić information content (AvgIpc) is 2.59. The Hall–Kier alpha value is -2.05. The molecule has 132 valence electrons. The van der Waals surface area contributed by atoms with Crippen LogP contribution < -0.4 is 15.4 Å². The van der Waals surface area contributed by atoms with Gasteiger partial charge in [-0.2, -0.15) is 0 Å². The molecule has 0 aliphatic carbocycles.